The fourth-order valence-corrected chi connectivity index (χ4v) is 4.88. The van der Waals surface area contributed by atoms with Crippen LogP contribution < -0.4 is 4.74 Å². The molecule has 0 saturated carbocycles. The van der Waals surface area contributed by atoms with E-state index >= 15 is 0 Å². The van der Waals surface area contributed by atoms with Crippen LogP contribution in [0.5, 0.6) is 5.75 Å². The van der Waals surface area contributed by atoms with E-state index in [9.17, 15) is 8.42 Å². The van der Waals surface area contributed by atoms with Crippen molar-refractivity contribution < 1.29 is 13.2 Å². The molecule has 2 aromatic rings. The second-order valence-corrected chi connectivity index (χ2v) is 9.76. The fraction of sp³-hybridized carbons (Fsp3) is 0.368. The maximum Gasteiger partial charge on any atom is 0.175 e. The standard InChI is InChI=1S/C19H19Cl2NO3S/c1-26(23,24)14-5-3-13(4-6-14)25-19-16-9-12(20)10-17(21)15(16)11-18(19)22-7-2-8-22/h3-6,9-10,18-19H,2,7-8,11H2,1H3/t18-,19-/m0/s1. The maximum atomic E-state index is 11.6. The number of hydrogen-bond acceptors (Lipinski definition) is 4. The minimum Gasteiger partial charge on any atom is -0.484 e. The van der Waals surface area contributed by atoms with E-state index in [1.165, 1.54) is 12.7 Å². The van der Waals surface area contributed by atoms with Gasteiger partial charge in [-0.3, -0.25) is 4.90 Å². The normalized spacial score (nSPS) is 22.7. The van der Waals surface area contributed by atoms with Gasteiger partial charge in [-0.2, -0.15) is 0 Å². The molecule has 0 spiro atoms. The predicted molar refractivity (Wildman–Crippen MR) is 103 cm³/mol. The van der Waals surface area contributed by atoms with Crippen molar-refractivity contribution in [3.8, 4) is 5.75 Å². The Kier molecular flexibility index (Phi) is 4.68. The number of likely N-dealkylation sites (tertiary alicyclic amines) is 1. The molecule has 0 N–H and O–H groups in total. The average molecular weight is 412 g/mol. The summed E-state index contributed by atoms with van der Waals surface area (Å²) in [4.78, 5) is 2.68. The van der Waals surface area contributed by atoms with Crippen molar-refractivity contribution in [2.45, 2.75) is 29.9 Å². The Balaban J connectivity index is 1.66. The van der Waals surface area contributed by atoms with Crippen molar-refractivity contribution in [2.75, 3.05) is 19.3 Å². The Labute approximate surface area is 163 Å². The minimum absolute atomic E-state index is 0.175. The zero-order valence-electron chi connectivity index (χ0n) is 14.3. The number of benzene rings is 2. The van der Waals surface area contributed by atoms with Gasteiger partial charge in [0.25, 0.3) is 0 Å². The Morgan fingerprint density at radius 2 is 1.81 bits per heavy atom. The summed E-state index contributed by atoms with van der Waals surface area (Å²) >= 11 is 12.6. The minimum atomic E-state index is -3.22. The van der Waals surface area contributed by atoms with E-state index in [2.05, 4.69) is 4.90 Å². The summed E-state index contributed by atoms with van der Waals surface area (Å²) in [6.45, 7) is 2.10. The van der Waals surface area contributed by atoms with Gasteiger partial charge in [0.05, 0.1) is 10.9 Å². The van der Waals surface area contributed by atoms with Crippen molar-refractivity contribution in [3.63, 3.8) is 0 Å². The molecule has 26 heavy (non-hydrogen) atoms. The quantitative estimate of drug-likeness (QED) is 0.757. The molecule has 2 atom stereocenters. The molecule has 1 heterocycles. The van der Waals surface area contributed by atoms with E-state index in [0.717, 1.165) is 30.6 Å². The van der Waals surface area contributed by atoms with Crippen LogP contribution in [0.15, 0.2) is 41.3 Å². The summed E-state index contributed by atoms with van der Waals surface area (Å²) in [6.07, 6.45) is 3.04. The van der Waals surface area contributed by atoms with E-state index in [0.29, 0.717) is 15.8 Å². The summed E-state index contributed by atoms with van der Waals surface area (Å²) in [6, 6.07) is 10.5. The molecule has 1 saturated heterocycles. The van der Waals surface area contributed by atoms with Gasteiger partial charge in [0.2, 0.25) is 0 Å². The van der Waals surface area contributed by atoms with Crippen molar-refractivity contribution in [1.82, 2.24) is 4.90 Å². The number of sulfone groups is 1. The van der Waals surface area contributed by atoms with Crippen LogP contribution in [0, 0.1) is 0 Å². The Morgan fingerprint density at radius 1 is 1.12 bits per heavy atom. The first-order chi connectivity index (χ1) is 12.3. The van der Waals surface area contributed by atoms with E-state index in [1.807, 2.05) is 6.07 Å². The monoisotopic (exact) mass is 411 g/mol. The molecule has 0 amide bonds. The zero-order valence-corrected chi connectivity index (χ0v) is 16.6. The van der Waals surface area contributed by atoms with Crippen molar-refractivity contribution in [2.24, 2.45) is 0 Å². The summed E-state index contributed by atoms with van der Waals surface area (Å²) in [7, 11) is -3.22. The first kappa shape index (κ1) is 18.1. The zero-order chi connectivity index (χ0) is 18.5. The number of halogens is 2. The second kappa shape index (κ2) is 6.71. The molecule has 1 fully saturated rings. The van der Waals surface area contributed by atoms with Crippen LogP contribution in [0.1, 0.15) is 23.7 Å². The third-order valence-corrected chi connectivity index (χ3v) is 6.82. The highest BCUT2D eigenvalue weighted by atomic mass is 35.5. The summed E-state index contributed by atoms with van der Waals surface area (Å²) in [5.41, 5.74) is 2.11. The third kappa shape index (κ3) is 3.33. The van der Waals surface area contributed by atoms with Crippen LogP contribution in [-0.4, -0.2) is 38.7 Å². The Morgan fingerprint density at radius 3 is 2.38 bits per heavy atom. The van der Waals surface area contributed by atoms with E-state index in [-0.39, 0.29) is 17.0 Å². The summed E-state index contributed by atoms with van der Waals surface area (Å²) in [5, 5.41) is 1.27. The van der Waals surface area contributed by atoms with Crippen LogP contribution in [0.4, 0.5) is 0 Å². The van der Waals surface area contributed by atoms with Gasteiger partial charge in [-0.05, 0) is 67.9 Å². The third-order valence-electron chi connectivity index (χ3n) is 5.14. The highest BCUT2D eigenvalue weighted by Gasteiger charge is 2.41. The number of fused-ring (bicyclic) bond motifs is 1. The van der Waals surface area contributed by atoms with Gasteiger partial charge in [-0.25, -0.2) is 8.42 Å². The summed E-state index contributed by atoms with van der Waals surface area (Å²) in [5.74, 6) is 0.636. The topological polar surface area (TPSA) is 46.6 Å². The SMILES string of the molecule is CS(=O)(=O)c1ccc(O[C@H]2c3cc(Cl)cc(Cl)c3C[C@@H]2N2CCC2)cc1. The molecule has 0 radical (unpaired) electrons. The molecule has 0 aromatic heterocycles. The van der Waals surface area contributed by atoms with Gasteiger partial charge in [-0.15, -0.1) is 0 Å². The maximum absolute atomic E-state index is 11.6. The highest BCUT2D eigenvalue weighted by Crippen LogP contribution is 2.43. The van der Waals surface area contributed by atoms with E-state index < -0.39 is 9.84 Å². The van der Waals surface area contributed by atoms with Crippen LogP contribution in [-0.2, 0) is 16.3 Å². The number of hydrogen-bond donors (Lipinski definition) is 0. The molecule has 138 valence electrons. The largest absolute Gasteiger partial charge is 0.484 e. The molecule has 1 aliphatic carbocycles. The lowest BCUT2D eigenvalue weighted by atomic mass is 10.1. The highest BCUT2D eigenvalue weighted by molar-refractivity contribution is 7.90. The van der Waals surface area contributed by atoms with Gasteiger partial charge in [0.15, 0.2) is 9.84 Å². The van der Waals surface area contributed by atoms with Crippen LogP contribution >= 0.6 is 23.2 Å². The Hall–Kier alpha value is -1.27. The molecular weight excluding hydrogens is 393 g/mol. The van der Waals surface area contributed by atoms with Crippen LogP contribution in [0.3, 0.4) is 0 Å². The Bertz CT molecular complexity index is 940. The molecule has 7 heteroatoms. The lowest BCUT2D eigenvalue weighted by Crippen LogP contribution is -2.48. The first-order valence-corrected chi connectivity index (χ1v) is 11.2. The molecular formula is C19H19Cl2NO3S. The van der Waals surface area contributed by atoms with Crippen LogP contribution in [0.25, 0.3) is 0 Å². The van der Waals surface area contributed by atoms with E-state index in [1.54, 1.807) is 30.3 Å². The van der Waals surface area contributed by atoms with Gasteiger partial charge in [-0.1, -0.05) is 23.2 Å². The second-order valence-electron chi connectivity index (χ2n) is 6.90. The van der Waals surface area contributed by atoms with Gasteiger partial charge in [0.1, 0.15) is 11.9 Å². The van der Waals surface area contributed by atoms with Crippen molar-refractivity contribution in [1.29, 1.82) is 0 Å². The number of nitrogens with zero attached hydrogens (tertiary/aromatic N) is 1. The van der Waals surface area contributed by atoms with Gasteiger partial charge >= 0.3 is 0 Å². The smallest absolute Gasteiger partial charge is 0.175 e. The summed E-state index contributed by atoms with van der Waals surface area (Å²) < 4.78 is 29.6. The van der Waals surface area contributed by atoms with E-state index in [4.69, 9.17) is 27.9 Å². The fourth-order valence-electron chi connectivity index (χ4n) is 3.66. The number of rotatable bonds is 4. The molecule has 1 aliphatic heterocycles. The van der Waals surface area contributed by atoms with Gasteiger partial charge < -0.3 is 4.74 Å². The molecule has 4 nitrogen and oxygen atoms in total. The molecule has 0 unspecified atom stereocenters. The molecule has 2 aromatic carbocycles. The predicted octanol–water partition coefficient (Wildman–Crippen LogP) is 4.15. The number of ether oxygens (including phenoxy) is 1. The van der Waals surface area contributed by atoms with Crippen molar-refractivity contribution >= 4 is 33.0 Å². The first-order valence-electron chi connectivity index (χ1n) is 8.51. The van der Waals surface area contributed by atoms with Crippen LogP contribution in [0.2, 0.25) is 10.0 Å². The van der Waals surface area contributed by atoms with Crippen molar-refractivity contribution in [3.05, 3.63) is 57.6 Å². The van der Waals surface area contributed by atoms with Gasteiger partial charge in [0, 0.05) is 21.9 Å². The lowest BCUT2D eigenvalue weighted by Gasteiger charge is -2.39. The average Bonchev–Trinajstić information content (AvgIpc) is 2.84. The molecule has 2 aliphatic rings. The lowest BCUT2D eigenvalue weighted by molar-refractivity contribution is 0.0385. The molecule has 4 rings (SSSR count). The molecule has 0 bridgehead atoms.